The largest absolute Gasteiger partial charge is 0.460 e. The monoisotopic (exact) mass is 392 g/mol. The second kappa shape index (κ2) is 7.67. The lowest BCUT2D eigenvalue weighted by Crippen LogP contribution is -2.16. The number of esters is 1. The highest BCUT2D eigenvalue weighted by atomic mass is 35.5. The van der Waals surface area contributed by atoms with Crippen molar-refractivity contribution in [3.05, 3.63) is 29.2 Å². The minimum Gasteiger partial charge on any atom is -0.460 e. The van der Waals surface area contributed by atoms with Gasteiger partial charge in [-0.3, -0.25) is 10.00 Å². The van der Waals surface area contributed by atoms with Crippen LogP contribution in [0.3, 0.4) is 0 Å². The molecule has 10 heteroatoms. The highest BCUT2D eigenvalue weighted by Crippen LogP contribution is 2.36. The van der Waals surface area contributed by atoms with E-state index in [2.05, 4.69) is 15.4 Å². The van der Waals surface area contributed by atoms with Crippen LogP contribution in [0.15, 0.2) is 22.9 Å². The fraction of sp³-hybridized carbons (Fsp3) is 0.294. The molecule has 0 aliphatic rings. The maximum atomic E-state index is 12.2. The molecule has 0 unspecified atom stereocenters. The van der Waals surface area contributed by atoms with Gasteiger partial charge < -0.3 is 13.9 Å². The Hall–Kier alpha value is -3.07. The van der Waals surface area contributed by atoms with Crippen LogP contribution in [-0.4, -0.2) is 40.0 Å². The van der Waals surface area contributed by atoms with E-state index in [1.54, 1.807) is 38.0 Å². The second-order valence-electron chi connectivity index (χ2n) is 5.44. The smallest absolute Gasteiger partial charge is 0.411 e. The summed E-state index contributed by atoms with van der Waals surface area (Å²) in [5.41, 5.74) is 1.63. The van der Waals surface area contributed by atoms with Gasteiger partial charge in [-0.05, 0) is 13.8 Å². The van der Waals surface area contributed by atoms with Crippen LogP contribution in [0, 0.1) is 0 Å². The molecule has 0 aliphatic carbocycles. The number of aryl methyl sites for hydroxylation is 1. The Morgan fingerprint density at radius 1 is 1.30 bits per heavy atom. The van der Waals surface area contributed by atoms with Crippen molar-refractivity contribution >= 4 is 40.5 Å². The lowest BCUT2D eigenvalue weighted by atomic mass is 10.2. The first-order valence-electron chi connectivity index (χ1n) is 8.17. The first kappa shape index (κ1) is 18.7. The molecule has 1 N–H and O–H groups in total. The van der Waals surface area contributed by atoms with Crippen LogP contribution >= 0.6 is 11.6 Å². The van der Waals surface area contributed by atoms with Gasteiger partial charge in [-0.1, -0.05) is 11.6 Å². The number of aromatic nitrogens is 3. The number of nitrogens with zero attached hydrogens (tertiary/aromatic N) is 3. The number of pyridine rings is 1. The Morgan fingerprint density at radius 2 is 2.04 bits per heavy atom. The van der Waals surface area contributed by atoms with Crippen LogP contribution in [0.1, 0.15) is 24.4 Å². The third-order valence-electron chi connectivity index (χ3n) is 3.56. The molecular weight excluding hydrogens is 376 g/mol. The number of hydrogen-bond donors (Lipinski definition) is 1. The maximum absolute atomic E-state index is 12.2. The first-order chi connectivity index (χ1) is 12.9. The van der Waals surface area contributed by atoms with Crippen molar-refractivity contribution in [3.63, 3.8) is 0 Å². The van der Waals surface area contributed by atoms with Gasteiger partial charge in [-0.2, -0.15) is 5.10 Å². The zero-order valence-corrected chi connectivity index (χ0v) is 15.7. The van der Waals surface area contributed by atoms with Gasteiger partial charge in [0.15, 0.2) is 5.58 Å². The average molecular weight is 393 g/mol. The van der Waals surface area contributed by atoms with E-state index < -0.39 is 12.1 Å². The first-order valence-corrected chi connectivity index (χ1v) is 8.55. The Kier molecular flexibility index (Phi) is 5.31. The Bertz CT molecular complexity index is 1010. The van der Waals surface area contributed by atoms with Crippen LogP contribution in [0.5, 0.6) is 0 Å². The molecule has 0 saturated carbocycles. The number of fused-ring (bicyclic) bond motifs is 1. The summed E-state index contributed by atoms with van der Waals surface area (Å²) in [5, 5.41) is 6.90. The number of anilines is 1. The number of carbonyl (C=O) groups excluding carboxylic acids is 2. The van der Waals surface area contributed by atoms with Crippen molar-refractivity contribution in [2.75, 3.05) is 18.5 Å². The Labute approximate surface area is 159 Å². The number of hydrogen-bond acceptors (Lipinski definition) is 7. The van der Waals surface area contributed by atoms with E-state index in [1.807, 2.05) is 0 Å². The molecule has 27 heavy (non-hydrogen) atoms. The molecule has 0 saturated heterocycles. The second-order valence-corrected chi connectivity index (χ2v) is 5.85. The van der Waals surface area contributed by atoms with Crippen LogP contribution in [0.2, 0.25) is 5.02 Å². The van der Waals surface area contributed by atoms with Gasteiger partial charge in [0.2, 0.25) is 5.76 Å². The quantitative estimate of drug-likeness (QED) is 0.660. The van der Waals surface area contributed by atoms with Gasteiger partial charge in [0.05, 0.1) is 30.1 Å². The molecule has 0 aromatic carbocycles. The summed E-state index contributed by atoms with van der Waals surface area (Å²) in [4.78, 5) is 28.6. The molecule has 0 atom stereocenters. The van der Waals surface area contributed by atoms with Crippen molar-refractivity contribution in [2.45, 2.75) is 13.8 Å². The molecule has 3 aromatic heterocycles. The molecule has 0 aliphatic heterocycles. The minimum absolute atomic E-state index is 0.0590. The topological polar surface area (TPSA) is 108 Å². The highest BCUT2D eigenvalue weighted by Gasteiger charge is 2.26. The molecule has 142 valence electrons. The molecule has 1 amide bonds. The molecule has 0 radical (unpaired) electrons. The van der Waals surface area contributed by atoms with E-state index in [9.17, 15) is 9.59 Å². The van der Waals surface area contributed by atoms with Crippen LogP contribution in [0.4, 0.5) is 10.5 Å². The molecule has 0 bridgehead atoms. The zero-order chi connectivity index (χ0) is 19.6. The fourth-order valence-corrected chi connectivity index (χ4v) is 2.72. The minimum atomic E-state index is -0.745. The van der Waals surface area contributed by atoms with Gasteiger partial charge in [-0.15, -0.1) is 0 Å². The van der Waals surface area contributed by atoms with Gasteiger partial charge in [0.1, 0.15) is 11.2 Å². The number of furan rings is 1. The fourth-order valence-electron chi connectivity index (χ4n) is 2.47. The van der Waals surface area contributed by atoms with E-state index in [0.29, 0.717) is 16.3 Å². The third-order valence-corrected chi connectivity index (χ3v) is 3.85. The van der Waals surface area contributed by atoms with Crippen molar-refractivity contribution in [1.82, 2.24) is 14.8 Å². The average Bonchev–Trinajstić information content (AvgIpc) is 3.18. The van der Waals surface area contributed by atoms with Crippen molar-refractivity contribution < 1.29 is 23.5 Å². The van der Waals surface area contributed by atoms with E-state index in [0.717, 1.165) is 0 Å². The molecule has 0 fully saturated rings. The number of halogens is 1. The maximum Gasteiger partial charge on any atom is 0.411 e. The number of nitrogens with one attached hydrogen (secondary N) is 1. The number of carbonyl (C=O) groups is 2. The van der Waals surface area contributed by atoms with Crippen LogP contribution < -0.4 is 5.32 Å². The summed E-state index contributed by atoms with van der Waals surface area (Å²) in [7, 11) is 1.76. The van der Waals surface area contributed by atoms with Gasteiger partial charge in [0, 0.05) is 24.9 Å². The Balaban J connectivity index is 2.17. The number of ether oxygens (including phenoxy) is 2. The summed E-state index contributed by atoms with van der Waals surface area (Å²) in [6.07, 6.45) is 2.60. The van der Waals surface area contributed by atoms with Gasteiger partial charge >= 0.3 is 12.1 Å². The van der Waals surface area contributed by atoms with Gasteiger partial charge in [-0.25, -0.2) is 14.6 Å². The van der Waals surface area contributed by atoms with E-state index >= 15 is 0 Å². The molecular formula is C17H17ClN4O5. The molecule has 3 rings (SSSR count). The highest BCUT2D eigenvalue weighted by molar-refractivity contribution is 6.33. The lowest BCUT2D eigenvalue weighted by molar-refractivity contribution is 0.0494. The SMILES string of the molecule is CCOC(=O)Nc1c(C(=O)OCC)oc2cc(Cl)c(-c3cnn(C)c3)nc12. The van der Waals surface area contributed by atoms with E-state index in [-0.39, 0.29) is 35.8 Å². The summed E-state index contributed by atoms with van der Waals surface area (Å²) in [5.74, 6) is -0.923. The van der Waals surface area contributed by atoms with Crippen molar-refractivity contribution in [2.24, 2.45) is 7.05 Å². The van der Waals surface area contributed by atoms with E-state index in [4.69, 9.17) is 25.5 Å². The zero-order valence-electron chi connectivity index (χ0n) is 14.9. The molecule has 3 aromatic rings. The summed E-state index contributed by atoms with van der Waals surface area (Å²) >= 11 is 6.32. The van der Waals surface area contributed by atoms with E-state index in [1.165, 1.54) is 6.07 Å². The molecule has 0 spiro atoms. The summed E-state index contributed by atoms with van der Waals surface area (Å²) in [6.45, 7) is 3.63. The van der Waals surface area contributed by atoms with Crippen molar-refractivity contribution in [3.8, 4) is 11.3 Å². The normalized spacial score (nSPS) is 10.8. The summed E-state index contributed by atoms with van der Waals surface area (Å²) < 4.78 is 17.0. The predicted molar refractivity (Wildman–Crippen MR) is 97.8 cm³/mol. The Morgan fingerprint density at radius 3 is 2.67 bits per heavy atom. The van der Waals surface area contributed by atoms with Crippen molar-refractivity contribution in [1.29, 1.82) is 0 Å². The summed E-state index contributed by atoms with van der Waals surface area (Å²) in [6, 6.07) is 1.52. The third kappa shape index (κ3) is 3.72. The standard InChI is InChI=1S/C17H17ClN4O5/c1-4-25-16(23)15-14(21-17(24)26-5-2)13-11(27-15)6-10(18)12(20-13)9-7-19-22(3)8-9/h6-8H,4-5H2,1-3H3,(H,21,24). The molecule has 3 heterocycles. The predicted octanol–water partition coefficient (Wildman–Crippen LogP) is 3.63. The lowest BCUT2D eigenvalue weighted by Gasteiger charge is -2.06. The molecule has 9 nitrogen and oxygen atoms in total. The van der Waals surface area contributed by atoms with Crippen LogP contribution in [-0.2, 0) is 16.5 Å². The van der Waals surface area contributed by atoms with Crippen LogP contribution in [0.25, 0.3) is 22.4 Å². The number of amides is 1. The number of rotatable bonds is 5. The van der Waals surface area contributed by atoms with Gasteiger partial charge in [0.25, 0.3) is 0 Å².